The molecule has 0 amide bonds. The van der Waals surface area contributed by atoms with Crippen LogP contribution in [0.4, 0.5) is 0 Å². The van der Waals surface area contributed by atoms with Gasteiger partial charge in [0.25, 0.3) is 0 Å². The summed E-state index contributed by atoms with van der Waals surface area (Å²) >= 11 is 0. The van der Waals surface area contributed by atoms with Gasteiger partial charge in [-0.15, -0.1) is 0 Å². The van der Waals surface area contributed by atoms with Crippen LogP contribution in [0.15, 0.2) is 24.3 Å². The van der Waals surface area contributed by atoms with Crippen LogP contribution in [0.2, 0.25) is 0 Å². The number of aliphatic carboxylic acids is 1. The Kier molecular flexibility index (Phi) is 6.94. The van der Waals surface area contributed by atoms with Crippen molar-refractivity contribution in [2.45, 2.75) is 51.5 Å². The number of nitrogens with two attached hydrogens (primary N) is 1. The molecule has 3 N–H and O–H groups in total. The number of aryl methyl sites for hydroxylation is 1. The van der Waals surface area contributed by atoms with E-state index in [0.717, 1.165) is 12.8 Å². The van der Waals surface area contributed by atoms with Crippen molar-refractivity contribution in [3.8, 4) is 0 Å². The van der Waals surface area contributed by atoms with Gasteiger partial charge in [-0.1, -0.05) is 50.5 Å². The van der Waals surface area contributed by atoms with Gasteiger partial charge in [-0.3, -0.25) is 9.59 Å². The zero-order valence-corrected chi connectivity index (χ0v) is 12.0. The van der Waals surface area contributed by atoms with Crippen molar-refractivity contribution in [1.82, 2.24) is 0 Å². The zero-order valence-electron chi connectivity index (χ0n) is 12.0. The van der Waals surface area contributed by atoms with E-state index in [1.165, 1.54) is 24.8 Å². The number of carboxylic acid groups (broad SMARTS) is 1. The van der Waals surface area contributed by atoms with Gasteiger partial charge < -0.3 is 10.8 Å². The minimum absolute atomic E-state index is 0.315. The monoisotopic (exact) mass is 277 g/mol. The summed E-state index contributed by atoms with van der Waals surface area (Å²) in [6.07, 6.45) is 5.52. The Balaban J connectivity index is 2.53. The SMILES string of the molecule is CCCCCCc1ccc(C(=O)C(N)CC(=O)O)cc1. The quantitative estimate of drug-likeness (QED) is 0.537. The van der Waals surface area contributed by atoms with E-state index in [-0.39, 0.29) is 12.2 Å². The van der Waals surface area contributed by atoms with Crippen molar-refractivity contribution in [2.24, 2.45) is 5.73 Å². The molecule has 0 spiro atoms. The van der Waals surface area contributed by atoms with E-state index in [1.807, 2.05) is 12.1 Å². The number of hydrogen-bond acceptors (Lipinski definition) is 3. The Hall–Kier alpha value is -1.68. The predicted molar refractivity (Wildman–Crippen MR) is 78.8 cm³/mol. The van der Waals surface area contributed by atoms with Gasteiger partial charge in [0.05, 0.1) is 12.5 Å². The van der Waals surface area contributed by atoms with E-state index >= 15 is 0 Å². The minimum atomic E-state index is -1.06. The first-order valence-electron chi connectivity index (χ1n) is 7.15. The van der Waals surface area contributed by atoms with Crippen molar-refractivity contribution in [3.05, 3.63) is 35.4 Å². The van der Waals surface area contributed by atoms with E-state index in [9.17, 15) is 9.59 Å². The van der Waals surface area contributed by atoms with Gasteiger partial charge in [-0.25, -0.2) is 0 Å². The largest absolute Gasteiger partial charge is 0.481 e. The Morgan fingerprint density at radius 1 is 1.15 bits per heavy atom. The van der Waals surface area contributed by atoms with Crippen molar-refractivity contribution in [3.63, 3.8) is 0 Å². The summed E-state index contributed by atoms with van der Waals surface area (Å²) < 4.78 is 0. The molecule has 0 aromatic heterocycles. The van der Waals surface area contributed by atoms with E-state index in [1.54, 1.807) is 12.1 Å². The molecule has 1 aromatic carbocycles. The third kappa shape index (κ3) is 5.53. The standard InChI is InChI=1S/C16H23NO3/c1-2-3-4-5-6-12-7-9-13(10-8-12)16(20)14(17)11-15(18)19/h7-10,14H,2-6,11,17H2,1H3,(H,18,19). The molecule has 0 aliphatic heterocycles. The van der Waals surface area contributed by atoms with Gasteiger partial charge >= 0.3 is 5.97 Å². The fourth-order valence-electron chi connectivity index (χ4n) is 2.09. The molecular weight excluding hydrogens is 254 g/mol. The average Bonchev–Trinajstić information content (AvgIpc) is 2.43. The molecule has 0 radical (unpaired) electrons. The second kappa shape index (κ2) is 8.48. The average molecular weight is 277 g/mol. The molecule has 0 heterocycles. The molecule has 4 nitrogen and oxygen atoms in total. The molecule has 0 bridgehead atoms. The number of benzene rings is 1. The maximum Gasteiger partial charge on any atom is 0.305 e. The first-order valence-corrected chi connectivity index (χ1v) is 7.15. The Morgan fingerprint density at radius 2 is 1.80 bits per heavy atom. The highest BCUT2D eigenvalue weighted by molar-refractivity contribution is 6.01. The van der Waals surface area contributed by atoms with Crippen molar-refractivity contribution in [1.29, 1.82) is 0 Å². The fourth-order valence-corrected chi connectivity index (χ4v) is 2.09. The summed E-state index contributed by atoms with van der Waals surface area (Å²) in [5.74, 6) is -1.37. The lowest BCUT2D eigenvalue weighted by Crippen LogP contribution is -2.32. The molecule has 0 saturated carbocycles. The Morgan fingerprint density at radius 3 is 2.35 bits per heavy atom. The van der Waals surface area contributed by atoms with Crippen LogP contribution in [-0.4, -0.2) is 22.9 Å². The summed E-state index contributed by atoms with van der Waals surface area (Å²) in [7, 11) is 0. The molecule has 1 rings (SSSR count). The molecule has 20 heavy (non-hydrogen) atoms. The summed E-state index contributed by atoms with van der Waals surface area (Å²) in [4.78, 5) is 22.4. The first kappa shape index (κ1) is 16.4. The highest BCUT2D eigenvalue weighted by Gasteiger charge is 2.18. The number of ketones is 1. The molecular formula is C16H23NO3. The Bertz CT molecular complexity index is 440. The number of carboxylic acids is 1. The lowest BCUT2D eigenvalue weighted by atomic mass is 9.99. The smallest absolute Gasteiger partial charge is 0.305 e. The zero-order chi connectivity index (χ0) is 15.0. The van der Waals surface area contributed by atoms with Crippen LogP contribution in [0.5, 0.6) is 0 Å². The molecule has 0 fully saturated rings. The van der Waals surface area contributed by atoms with Gasteiger partial charge in [-0.2, -0.15) is 0 Å². The van der Waals surface area contributed by atoms with Gasteiger partial charge in [0.2, 0.25) is 0 Å². The second-order valence-corrected chi connectivity index (χ2v) is 5.08. The number of carbonyl (C=O) groups excluding carboxylic acids is 1. The number of unbranched alkanes of at least 4 members (excludes halogenated alkanes) is 3. The molecule has 0 aliphatic carbocycles. The lowest BCUT2D eigenvalue weighted by molar-refractivity contribution is -0.137. The van der Waals surface area contributed by atoms with Gasteiger partial charge in [-0.05, 0) is 18.4 Å². The van der Waals surface area contributed by atoms with E-state index in [4.69, 9.17) is 10.8 Å². The molecule has 1 unspecified atom stereocenters. The van der Waals surface area contributed by atoms with Gasteiger partial charge in [0.15, 0.2) is 5.78 Å². The van der Waals surface area contributed by atoms with Crippen LogP contribution in [-0.2, 0) is 11.2 Å². The minimum Gasteiger partial charge on any atom is -0.481 e. The summed E-state index contributed by atoms with van der Waals surface area (Å²) in [5.41, 5.74) is 7.25. The fraction of sp³-hybridized carbons (Fsp3) is 0.500. The van der Waals surface area contributed by atoms with Crippen LogP contribution in [0.1, 0.15) is 54.9 Å². The second-order valence-electron chi connectivity index (χ2n) is 5.08. The number of hydrogen-bond donors (Lipinski definition) is 2. The predicted octanol–water partition coefficient (Wildman–Crippen LogP) is 2.79. The van der Waals surface area contributed by atoms with Crippen LogP contribution in [0, 0.1) is 0 Å². The third-order valence-electron chi connectivity index (χ3n) is 3.29. The molecule has 110 valence electrons. The highest BCUT2D eigenvalue weighted by Crippen LogP contribution is 2.11. The highest BCUT2D eigenvalue weighted by atomic mass is 16.4. The molecule has 1 atom stereocenters. The van der Waals surface area contributed by atoms with Crippen molar-refractivity contribution < 1.29 is 14.7 Å². The molecule has 0 saturated heterocycles. The van der Waals surface area contributed by atoms with Gasteiger partial charge in [0, 0.05) is 5.56 Å². The van der Waals surface area contributed by atoms with Crippen LogP contribution in [0.3, 0.4) is 0 Å². The maximum absolute atomic E-state index is 11.9. The lowest BCUT2D eigenvalue weighted by Gasteiger charge is -2.08. The van der Waals surface area contributed by atoms with E-state index in [0.29, 0.717) is 5.56 Å². The summed E-state index contributed by atoms with van der Waals surface area (Å²) in [5, 5.41) is 8.63. The van der Waals surface area contributed by atoms with Crippen LogP contribution < -0.4 is 5.73 Å². The van der Waals surface area contributed by atoms with Crippen LogP contribution in [0.25, 0.3) is 0 Å². The van der Waals surface area contributed by atoms with E-state index in [2.05, 4.69) is 6.92 Å². The number of rotatable bonds is 9. The first-order chi connectivity index (χ1) is 9.54. The third-order valence-corrected chi connectivity index (χ3v) is 3.29. The molecule has 1 aromatic rings. The van der Waals surface area contributed by atoms with Gasteiger partial charge in [0.1, 0.15) is 0 Å². The topological polar surface area (TPSA) is 80.4 Å². The van der Waals surface area contributed by atoms with Crippen molar-refractivity contribution in [2.75, 3.05) is 0 Å². The Labute approximate surface area is 120 Å². The van der Waals surface area contributed by atoms with Crippen LogP contribution >= 0.6 is 0 Å². The molecule has 4 heteroatoms. The number of carbonyl (C=O) groups is 2. The van der Waals surface area contributed by atoms with E-state index < -0.39 is 12.0 Å². The summed E-state index contributed by atoms with van der Waals surface area (Å²) in [6, 6.07) is 6.35. The van der Waals surface area contributed by atoms with Crippen molar-refractivity contribution >= 4 is 11.8 Å². The normalized spacial score (nSPS) is 12.1. The summed E-state index contributed by atoms with van der Waals surface area (Å²) in [6.45, 7) is 2.18. The maximum atomic E-state index is 11.9. The molecule has 0 aliphatic rings. The number of Topliss-reactive ketones (excluding diaryl/α,β-unsaturated/α-hetero) is 1.